The van der Waals surface area contributed by atoms with Crippen LogP contribution < -0.4 is 10.0 Å². The lowest BCUT2D eigenvalue weighted by atomic mass is 10.1. The number of thiol groups is 1. The molecule has 25 heavy (non-hydrogen) atoms. The van der Waals surface area contributed by atoms with Gasteiger partial charge in [0.25, 0.3) is 5.91 Å². The van der Waals surface area contributed by atoms with E-state index in [1.807, 2.05) is 6.92 Å². The minimum atomic E-state index is -0.778. The average molecular weight is 398 g/mol. The Morgan fingerprint density at radius 2 is 2.28 bits per heavy atom. The zero-order valence-corrected chi connectivity index (χ0v) is 15.4. The molecule has 0 spiro atoms. The molecular weight excluding hydrogens is 385 g/mol. The van der Waals surface area contributed by atoms with Crippen LogP contribution in [-0.2, 0) is 0 Å². The van der Waals surface area contributed by atoms with Gasteiger partial charge in [-0.2, -0.15) is 5.10 Å². The van der Waals surface area contributed by atoms with Crippen LogP contribution in [0.3, 0.4) is 0 Å². The molecule has 130 valence electrons. The molecule has 0 saturated heterocycles. The van der Waals surface area contributed by atoms with Gasteiger partial charge in [-0.25, -0.2) is 9.37 Å². The Kier molecular flexibility index (Phi) is 5.36. The molecule has 0 aliphatic heterocycles. The quantitative estimate of drug-likeness (QED) is 0.379. The number of hydrogen-bond acceptors (Lipinski definition) is 6. The second-order valence-electron chi connectivity index (χ2n) is 4.93. The van der Waals surface area contributed by atoms with Crippen LogP contribution in [0.25, 0.3) is 11.0 Å². The molecule has 0 fully saturated rings. The molecule has 0 unspecified atom stereocenters. The maximum Gasteiger partial charge on any atom is 0.260 e. The number of benzene rings is 1. The number of H-pyrrole nitrogens is 1. The fourth-order valence-corrected chi connectivity index (χ4v) is 3.34. The minimum absolute atomic E-state index is 0.00177. The first-order valence-electron chi connectivity index (χ1n) is 7.21. The zero-order valence-electron chi connectivity index (χ0n) is 12.9. The number of amides is 1. The largest absolute Gasteiger partial charge is 0.330 e. The van der Waals surface area contributed by atoms with E-state index in [0.29, 0.717) is 11.3 Å². The molecule has 10 heteroatoms. The fraction of sp³-hybridized carbons (Fsp3) is 0.133. The van der Waals surface area contributed by atoms with Crippen molar-refractivity contribution in [2.75, 3.05) is 15.8 Å². The molecule has 2 heterocycles. The topological polar surface area (TPSA) is 82.7 Å². The number of anilines is 2. The number of nitrogens with one attached hydrogen (secondary N) is 3. The van der Waals surface area contributed by atoms with Crippen molar-refractivity contribution in [1.29, 1.82) is 0 Å². The Hall–Kier alpha value is -1.97. The number of halogens is 2. The van der Waals surface area contributed by atoms with Crippen molar-refractivity contribution >= 4 is 64.5 Å². The van der Waals surface area contributed by atoms with Crippen LogP contribution in [-0.4, -0.2) is 26.8 Å². The van der Waals surface area contributed by atoms with Crippen LogP contribution in [0.2, 0.25) is 5.02 Å². The molecule has 0 radical (unpaired) electrons. The van der Waals surface area contributed by atoms with Crippen molar-refractivity contribution in [3.8, 4) is 0 Å². The van der Waals surface area contributed by atoms with Gasteiger partial charge in [0.05, 0.1) is 33.5 Å². The number of carbonyl (C=O) groups excluding carboxylic acids is 1. The van der Waals surface area contributed by atoms with Crippen LogP contribution in [0.1, 0.15) is 17.3 Å². The van der Waals surface area contributed by atoms with Gasteiger partial charge in [0.2, 0.25) is 0 Å². The maximum absolute atomic E-state index is 14.4. The predicted octanol–water partition coefficient (Wildman–Crippen LogP) is 4.37. The van der Waals surface area contributed by atoms with Crippen LogP contribution in [0, 0.1) is 5.82 Å². The SMILES string of the molecule is CCSc1n[nH]c2ncc(NC(=O)c3c(Cl)ccc(NS)c3F)cc12. The van der Waals surface area contributed by atoms with Gasteiger partial charge in [-0.3, -0.25) is 9.89 Å². The normalized spacial score (nSPS) is 10.9. The van der Waals surface area contributed by atoms with Crippen LogP contribution in [0.15, 0.2) is 29.4 Å². The standard InChI is InChI=1S/C15H13ClFN5OS2/c1-2-25-15-8-5-7(6-18-13(8)20-21-15)19-14(23)11-9(16)3-4-10(22-24)12(11)17/h3-6,22,24H,2H2,1H3,(H,19,23)(H,18,20,21). The van der Waals surface area contributed by atoms with Gasteiger partial charge in [0.15, 0.2) is 11.5 Å². The smallest absolute Gasteiger partial charge is 0.260 e. The number of carbonyl (C=O) groups is 1. The van der Waals surface area contributed by atoms with Crippen molar-refractivity contribution in [2.45, 2.75) is 11.9 Å². The molecule has 3 rings (SSSR count). The molecule has 0 aliphatic rings. The van der Waals surface area contributed by atoms with Crippen LogP contribution >= 0.6 is 36.2 Å². The van der Waals surface area contributed by atoms with Crippen LogP contribution in [0.5, 0.6) is 0 Å². The van der Waals surface area contributed by atoms with E-state index in [1.54, 1.807) is 17.8 Å². The first-order valence-corrected chi connectivity index (χ1v) is 9.02. The zero-order chi connectivity index (χ0) is 18.0. The van der Waals surface area contributed by atoms with E-state index >= 15 is 0 Å². The Bertz CT molecular complexity index is 949. The Morgan fingerprint density at radius 1 is 1.48 bits per heavy atom. The van der Waals surface area contributed by atoms with Crippen molar-refractivity contribution in [2.24, 2.45) is 0 Å². The minimum Gasteiger partial charge on any atom is -0.330 e. The molecule has 0 atom stereocenters. The van der Waals surface area contributed by atoms with E-state index in [9.17, 15) is 9.18 Å². The molecule has 0 bridgehead atoms. The second kappa shape index (κ2) is 7.51. The molecule has 1 aromatic carbocycles. The number of rotatable bonds is 5. The molecule has 0 saturated carbocycles. The third-order valence-electron chi connectivity index (χ3n) is 3.36. The van der Waals surface area contributed by atoms with Crippen molar-refractivity contribution in [1.82, 2.24) is 15.2 Å². The molecule has 6 nitrogen and oxygen atoms in total. The number of thioether (sulfide) groups is 1. The number of pyridine rings is 1. The van der Waals surface area contributed by atoms with Gasteiger partial charge in [0, 0.05) is 0 Å². The lowest BCUT2D eigenvalue weighted by molar-refractivity contribution is 0.102. The lowest BCUT2D eigenvalue weighted by Gasteiger charge is -2.10. The summed E-state index contributed by atoms with van der Waals surface area (Å²) >= 11 is 11.3. The average Bonchev–Trinajstić information content (AvgIpc) is 2.98. The van der Waals surface area contributed by atoms with Gasteiger partial charge in [-0.1, -0.05) is 31.3 Å². The third kappa shape index (κ3) is 3.53. The highest BCUT2D eigenvalue weighted by Gasteiger charge is 2.20. The Balaban J connectivity index is 1.93. The highest BCUT2D eigenvalue weighted by Crippen LogP contribution is 2.29. The summed E-state index contributed by atoms with van der Waals surface area (Å²) < 4.78 is 16.7. The van der Waals surface area contributed by atoms with E-state index in [1.165, 1.54) is 18.3 Å². The number of fused-ring (bicyclic) bond motifs is 1. The summed E-state index contributed by atoms with van der Waals surface area (Å²) in [5, 5.41) is 11.2. The number of aromatic amines is 1. The van der Waals surface area contributed by atoms with Gasteiger partial charge < -0.3 is 10.0 Å². The first kappa shape index (κ1) is 17.8. The number of hydrogen-bond donors (Lipinski definition) is 4. The van der Waals surface area contributed by atoms with Crippen molar-refractivity contribution in [3.63, 3.8) is 0 Å². The number of nitrogens with zero attached hydrogens (tertiary/aromatic N) is 2. The molecule has 1 amide bonds. The summed E-state index contributed by atoms with van der Waals surface area (Å²) in [6.45, 7) is 2.01. The lowest BCUT2D eigenvalue weighted by Crippen LogP contribution is -2.15. The summed E-state index contributed by atoms with van der Waals surface area (Å²) in [4.78, 5) is 16.7. The van der Waals surface area contributed by atoms with E-state index < -0.39 is 11.7 Å². The van der Waals surface area contributed by atoms with E-state index in [0.717, 1.165) is 16.2 Å². The van der Waals surface area contributed by atoms with E-state index in [2.05, 4.69) is 38.0 Å². The summed E-state index contributed by atoms with van der Waals surface area (Å²) in [6.07, 6.45) is 1.46. The Labute approximate surface area is 157 Å². The third-order valence-corrected chi connectivity index (χ3v) is 4.79. The van der Waals surface area contributed by atoms with E-state index in [4.69, 9.17) is 11.6 Å². The van der Waals surface area contributed by atoms with Crippen molar-refractivity contribution < 1.29 is 9.18 Å². The summed E-state index contributed by atoms with van der Waals surface area (Å²) in [5.41, 5.74) is 0.815. The number of aromatic nitrogens is 3. The fourth-order valence-electron chi connectivity index (χ4n) is 2.24. The van der Waals surface area contributed by atoms with Gasteiger partial charge >= 0.3 is 0 Å². The first-order chi connectivity index (χ1) is 12.0. The van der Waals surface area contributed by atoms with Gasteiger partial charge in [0.1, 0.15) is 5.03 Å². The molecule has 2 aromatic heterocycles. The predicted molar refractivity (Wildman–Crippen MR) is 102 cm³/mol. The summed E-state index contributed by atoms with van der Waals surface area (Å²) in [5.74, 6) is -0.609. The molecule has 3 N–H and O–H groups in total. The van der Waals surface area contributed by atoms with Gasteiger partial charge in [-0.05, 0) is 24.0 Å². The summed E-state index contributed by atoms with van der Waals surface area (Å²) in [6, 6.07) is 4.55. The second-order valence-corrected chi connectivity index (χ2v) is 6.82. The highest BCUT2D eigenvalue weighted by molar-refractivity contribution is 7.99. The molecular formula is C15H13ClFN5OS2. The van der Waals surface area contributed by atoms with Crippen LogP contribution in [0.4, 0.5) is 15.8 Å². The van der Waals surface area contributed by atoms with Gasteiger partial charge in [-0.15, -0.1) is 11.8 Å². The Morgan fingerprint density at radius 3 is 3.00 bits per heavy atom. The molecule has 0 aliphatic carbocycles. The highest BCUT2D eigenvalue weighted by atomic mass is 35.5. The maximum atomic E-state index is 14.4. The molecule has 3 aromatic rings. The van der Waals surface area contributed by atoms with E-state index in [-0.39, 0.29) is 16.3 Å². The monoisotopic (exact) mass is 397 g/mol. The summed E-state index contributed by atoms with van der Waals surface area (Å²) in [7, 11) is 0. The van der Waals surface area contributed by atoms with Crippen molar-refractivity contribution in [3.05, 3.63) is 40.8 Å².